The normalized spacial score (nSPS) is 21.4. The van der Waals surface area contributed by atoms with E-state index in [2.05, 4.69) is 9.80 Å². The maximum atomic E-state index is 9.30. The first-order valence-corrected chi connectivity index (χ1v) is 7.05. The molecule has 0 aliphatic carbocycles. The van der Waals surface area contributed by atoms with E-state index in [-0.39, 0.29) is 6.10 Å². The summed E-state index contributed by atoms with van der Waals surface area (Å²) in [6.45, 7) is 9.64. The Balaban J connectivity index is 2.15. The molecule has 0 spiro atoms. The SMILES string of the molecule is CC(O)CCN1CCCN(CCCCN)CC1. The van der Waals surface area contributed by atoms with E-state index in [1.165, 1.54) is 39.0 Å². The van der Waals surface area contributed by atoms with Crippen LogP contribution >= 0.6 is 0 Å². The largest absolute Gasteiger partial charge is 0.393 e. The molecular weight excluding hydrogens is 214 g/mol. The first-order valence-electron chi connectivity index (χ1n) is 7.05. The van der Waals surface area contributed by atoms with Gasteiger partial charge in [0.05, 0.1) is 6.10 Å². The van der Waals surface area contributed by atoms with Crippen LogP contribution in [0.4, 0.5) is 0 Å². The summed E-state index contributed by atoms with van der Waals surface area (Å²) in [5.41, 5.74) is 5.51. The highest BCUT2D eigenvalue weighted by Crippen LogP contribution is 2.06. The second-order valence-electron chi connectivity index (χ2n) is 5.17. The molecule has 4 heteroatoms. The second-order valence-corrected chi connectivity index (χ2v) is 5.17. The summed E-state index contributed by atoms with van der Waals surface area (Å²) in [5.74, 6) is 0. The van der Waals surface area contributed by atoms with Crippen molar-refractivity contribution >= 4 is 0 Å². The minimum absolute atomic E-state index is 0.168. The van der Waals surface area contributed by atoms with Crippen LogP contribution in [0.3, 0.4) is 0 Å². The fraction of sp³-hybridized carbons (Fsp3) is 1.00. The molecule has 102 valence electrons. The first-order chi connectivity index (χ1) is 8.22. The third-order valence-corrected chi connectivity index (χ3v) is 3.47. The quantitative estimate of drug-likeness (QED) is 0.640. The van der Waals surface area contributed by atoms with Crippen molar-refractivity contribution in [2.24, 2.45) is 5.73 Å². The number of aliphatic hydroxyl groups excluding tert-OH is 1. The Morgan fingerprint density at radius 1 is 1.06 bits per heavy atom. The molecule has 0 radical (unpaired) electrons. The summed E-state index contributed by atoms with van der Waals surface area (Å²) in [7, 11) is 0. The van der Waals surface area contributed by atoms with E-state index in [1.807, 2.05) is 6.92 Å². The number of rotatable bonds is 7. The molecule has 4 nitrogen and oxygen atoms in total. The van der Waals surface area contributed by atoms with Crippen molar-refractivity contribution in [2.75, 3.05) is 45.8 Å². The Morgan fingerprint density at radius 3 is 2.29 bits per heavy atom. The maximum absolute atomic E-state index is 9.30. The first kappa shape index (κ1) is 14.9. The maximum Gasteiger partial charge on any atom is 0.0524 e. The van der Waals surface area contributed by atoms with E-state index in [9.17, 15) is 5.11 Å². The van der Waals surface area contributed by atoms with Gasteiger partial charge < -0.3 is 20.6 Å². The Kier molecular flexibility index (Phi) is 7.77. The lowest BCUT2D eigenvalue weighted by Gasteiger charge is -2.22. The molecule has 1 aliphatic rings. The van der Waals surface area contributed by atoms with Crippen LogP contribution in [0.5, 0.6) is 0 Å². The van der Waals surface area contributed by atoms with Crippen LogP contribution in [0.2, 0.25) is 0 Å². The van der Waals surface area contributed by atoms with E-state index >= 15 is 0 Å². The van der Waals surface area contributed by atoms with Crippen LogP contribution in [0, 0.1) is 0 Å². The third kappa shape index (κ3) is 6.99. The van der Waals surface area contributed by atoms with Gasteiger partial charge in [-0.2, -0.15) is 0 Å². The fourth-order valence-corrected chi connectivity index (χ4v) is 2.32. The lowest BCUT2D eigenvalue weighted by atomic mass is 10.2. The molecule has 0 aromatic carbocycles. The van der Waals surface area contributed by atoms with Gasteiger partial charge in [0.25, 0.3) is 0 Å². The minimum atomic E-state index is -0.168. The van der Waals surface area contributed by atoms with Crippen molar-refractivity contribution in [3.05, 3.63) is 0 Å². The lowest BCUT2D eigenvalue weighted by molar-refractivity contribution is 0.156. The zero-order valence-corrected chi connectivity index (χ0v) is 11.3. The molecule has 1 atom stereocenters. The van der Waals surface area contributed by atoms with Crippen LogP contribution in [-0.4, -0.2) is 66.8 Å². The molecule has 1 heterocycles. The molecule has 0 bridgehead atoms. The molecule has 1 unspecified atom stereocenters. The van der Waals surface area contributed by atoms with Crippen LogP contribution in [0.25, 0.3) is 0 Å². The molecule has 1 rings (SSSR count). The predicted molar refractivity (Wildman–Crippen MR) is 72.1 cm³/mol. The van der Waals surface area contributed by atoms with E-state index in [0.29, 0.717) is 0 Å². The van der Waals surface area contributed by atoms with Gasteiger partial charge in [0, 0.05) is 19.6 Å². The Hall–Kier alpha value is -0.160. The summed E-state index contributed by atoms with van der Waals surface area (Å²) >= 11 is 0. The number of nitrogens with two attached hydrogens (primary N) is 1. The monoisotopic (exact) mass is 243 g/mol. The molecule has 0 aromatic heterocycles. The zero-order valence-electron chi connectivity index (χ0n) is 11.3. The van der Waals surface area contributed by atoms with Crippen LogP contribution < -0.4 is 5.73 Å². The van der Waals surface area contributed by atoms with Crippen LogP contribution in [-0.2, 0) is 0 Å². The molecule has 1 aliphatic heterocycles. The average molecular weight is 243 g/mol. The van der Waals surface area contributed by atoms with Gasteiger partial charge in [0.2, 0.25) is 0 Å². The van der Waals surface area contributed by atoms with Crippen molar-refractivity contribution in [2.45, 2.75) is 38.7 Å². The highest BCUT2D eigenvalue weighted by atomic mass is 16.3. The van der Waals surface area contributed by atoms with Crippen molar-refractivity contribution in [1.29, 1.82) is 0 Å². The van der Waals surface area contributed by atoms with Gasteiger partial charge in [-0.15, -0.1) is 0 Å². The molecule has 0 amide bonds. The number of aliphatic hydroxyl groups is 1. The number of hydrogen-bond acceptors (Lipinski definition) is 4. The summed E-state index contributed by atoms with van der Waals surface area (Å²) in [4.78, 5) is 5.04. The van der Waals surface area contributed by atoms with Gasteiger partial charge in [-0.1, -0.05) is 0 Å². The van der Waals surface area contributed by atoms with E-state index in [0.717, 1.165) is 32.5 Å². The second kappa shape index (κ2) is 8.86. The molecule has 1 fully saturated rings. The number of nitrogens with zero attached hydrogens (tertiary/aromatic N) is 2. The summed E-state index contributed by atoms with van der Waals surface area (Å²) in [5, 5.41) is 9.30. The molecule has 3 N–H and O–H groups in total. The van der Waals surface area contributed by atoms with Crippen LogP contribution in [0.1, 0.15) is 32.6 Å². The zero-order chi connectivity index (χ0) is 12.5. The number of hydrogen-bond donors (Lipinski definition) is 2. The molecular formula is C13H29N3O. The third-order valence-electron chi connectivity index (χ3n) is 3.47. The molecule has 0 aromatic rings. The Labute approximate surface area is 106 Å². The summed E-state index contributed by atoms with van der Waals surface area (Å²) in [6.07, 6.45) is 4.35. The van der Waals surface area contributed by atoms with Gasteiger partial charge in [0.15, 0.2) is 0 Å². The van der Waals surface area contributed by atoms with E-state index in [1.54, 1.807) is 0 Å². The topological polar surface area (TPSA) is 52.7 Å². The Bertz CT molecular complexity index is 188. The van der Waals surface area contributed by atoms with Gasteiger partial charge in [-0.3, -0.25) is 0 Å². The molecule has 0 saturated carbocycles. The van der Waals surface area contributed by atoms with Crippen molar-refractivity contribution in [3.63, 3.8) is 0 Å². The average Bonchev–Trinajstić information content (AvgIpc) is 2.52. The highest BCUT2D eigenvalue weighted by Gasteiger charge is 2.14. The van der Waals surface area contributed by atoms with Gasteiger partial charge in [0.1, 0.15) is 0 Å². The van der Waals surface area contributed by atoms with E-state index < -0.39 is 0 Å². The standard InChI is InChI=1S/C13H29N3O/c1-13(17)5-10-16-9-4-8-15(11-12-16)7-3-2-6-14/h13,17H,2-12,14H2,1H3. The minimum Gasteiger partial charge on any atom is -0.393 e. The molecule has 17 heavy (non-hydrogen) atoms. The predicted octanol–water partition coefficient (Wildman–Crippen LogP) is 0.504. The smallest absolute Gasteiger partial charge is 0.0524 e. The van der Waals surface area contributed by atoms with Gasteiger partial charge in [-0.25, -0.2) is 0 Å². The highest BCUT2D eigenvalue weighted by molar-refractivity contribution is 4.70. The fourth-order valence-electron chi connectivity index (χ4n) is 2.32. The van der Waals surface area contributed by atoms with E-state index in [4.69, 9.17) is 5.73 Å². The Morgan fingerprint density at radius 2 is 1.71 bits per heavy atom. The number of unbranched alkanes of at least 4 members (excludes halogenated alkanes) is 1. The molecule has 1 saturated heterocycles. The van der Waals surface area contributed by atoms with Gasteiger partial charge >= 0.3 is 0 Å². The summed E-state index contributed by atoms with van der Waals surface area (Å²) < 4.78 is 0. The van der Waals surface area contributed by atoms with Crippen molar-refractivity contribution < 1.29 is 5.11 Å². The van der Waals surface area contributed by atoms with Gasteiger partial charge in [-0.05, 0) is 58.8 Å². The summed E-state index contributed by atoms with van der Waals surface area (Å²) in [6, 6.07) is 0. The van der Waals surface area contributed by atoms with Crippen molar-refractivity contribution in [1.82, 2.24) is 9.80 Å². The lowest BCUT2D eigenvalue weighted by Crippen LogP contribution is -2.32. The van der Waals surface area contributed by atoms with Crippen LogP contribution in [0.15, 0.2) is 0 Å². The van der Waals surface area contributed by atoms with Crippen molar-refractivity contribution in [3.8, 4) is 0 Å².